The standard InChI is InChI=1S/C10H8BNO2/c1-14-10(13)8-4-6(11)5-9-7(8)2-3-12-9/h2-5,12H,1H3. The topological polar surface area (TPSA) is 42.1 Å². The predicted octanol–water partition coefficient (Wildman–Crippen LogP) is 0.748. The van der Waals surface area contributed by atoms with Crippen LogP contribution in [0.2, 0.25) is 0 Å². The molecule has 0 spiro atoms. The van der Waals surface area contributed by atoms with Crippen molar-refractivity contribution in [1.29, 1.82) is 0 Å². The number of methoxy groups -OCH3 is 1. The molecule has 2 aromatic rings. The molecule has 2 rings (SSSR count). The zero-order valence-corrected chi connectivity index (χ0v) is 7.70. The molecule has 1 aromatic carbocycles. The summed E-state index contributed by atoms with van der Waals surface area (Å²) in [6.07, 6.45) is 1.76. The van der Waals surface area contributed by atoms with E-state index in [0.29, 0.717) is 11.0 Å². The number of benzene rings is 1. The number of rotatable bonds is 1. The fourth-order valence-corrected chi connectivity index (χ4v) is 1.47. The second-order valence-corrected chi connectivity index (χ2v) is 3.00. The van der Waals surface area contributed by atoms with Gasteiger partial charge in [0.25, 0.3) is 0 Å². The maximum atomic E-state index is 11.4. The van der Waals surface area contributed by atoms with Gasteiger partial charge in [-0.3, -0.25) is 0 Å². The Morgan fingerprint density at radius 3 is 3.00 bits per heavy atom. The first-order chi connectivity index (χ1) is 6.72. The van der Waals surface area contributed by atoms with Crippen molar-refractivity contribution < 1.29 is 9.53 Å². The van der Waals surface area contributed by atoms with Crippen LogP contribution in [0, 0.1) is 0 Å². The number of carbonyl (C=O) groups is 1. The Bertz CT molecular complexity index is 490. The van der Waals surface area contributed by atoms with Gasteiger partial charge in [0.05, 0.1) is 12.7 Å². The first-order valence-electron chi connectivity index (χ1n) is 4.17. The molecule has 0 saturated heterocycles. The molecule has 0 fully saturated rings. The lowest BCUT2D eigenvalue weighted by atomic mass is 9.92. The minimum Gasteiger partial charge on any atom is -0.465 e. The molecule has 1 N–H and O–H groups in total. The minimum absolute atomic E-state index is 0.373. The van der Waals surface area contributed by atoms with Crippen LogP contribution in [-0.4, -0.2) is 25.9 Å². The lowest BCUT2D eigenvalue weighted by molar-refractivity contribution is 0.0603. The van der Waals surface area contributed by atoms with Gasteiger partial charge < -0.3 is 9.72 Å². The Hall–Kier alpha value is -1.71. The molecule has 0 aliphatic rings. The van der Waals surface area contributed by atoms with Crippen LogP contribution in [0.25, 0.3) is 10.9 Å². The molecule has 14 heavy (non-hydrogen) atoms. The van der Waals surface area contributed by atoms with Gasteiger partial charge in [-0.2, -0.15) is 0 Å². The van der Waals surface area contributed by atoms with Crippen LogP contribution < -0.4 is 5.46 Å². The van der Waals surface area contributed by atoms with Crippen molar-refractivity contribution in [1.82, 2.24) is 4.98 Å². The number of H-pyrrole nitrogens is 1. The fraction of sp³-hybridized carbons (Fsp3) is 0.100. The lowest BCUT2D eigenvalue weighted by Gasteiger charge is -2.02. The van der Waals surface area contributed by atoms with Gasteiger partial charge in [-0.1, -0.05) is 11.5 Å². The van der Waals surface area contributed by atoms with E-state index in [-0.39, 0.29) is 5.97 Å². The molecule has 0 atom stereocenters. The van der Waals surface area contributed by atoms with E-state index in [9.17, 15) is 4.79 Å². The number of carbonyl (C=O) groups excluding carboxylic acids is 1. The van der Waals surface area contributed by atoms with E-state index in [4.69, 9.17) is 7.85 Å². The summed E-state index contributed by atoms with van der Waals surface area (Å²) in [6.45, 7) is 0. The molecule has 0 aliphatic carbocycles. The summed E-state index contributed by atoms with van der Waals surface area (Å²) in [5.41, 5.74) is 1.87. The largest absolute Gasteiger partial charge is 0.465 e. The van der Waals surface area contributed by atoms with Gasteiger partial charge in [-0.05, 0) is 12.1 Å². The van der Waals surface area contributed by atoms with Crippen LogP contribution in [0.3, 0.4) is 0 Å². The van der Waals surface area contributed by atoms with Gasteiger partial charge >= 0.3 is 5.97 Å². The zero-order chi connectivity index (χ0) is 10.1. The van der Waals surface area contributed by atoms with Crippen molar-refractivity contribution in [3.8, 4) is 0 Å². The van der Waals surface area contributed by atoms with Crippen LogP contribution in [0.5, 0.6) is 0 Å². The molecular formula is C10H8BNO2. The van der Waals surface area contributed by atoms with E-state index in [2.05, 4.69) is 9.72 Å². The Kier molecular flexibility index (Phi) is 2.04. The number of nitrogens with one attached hydrogen (secondary N) is 1. The molecule has 0 unspecified atom stereocenters. The monoisotopic (exact) mass is 185 g/mol. The van der Waals surface area contributed by atoms with Gasteiger partial charge in [-0.25, -0.2) is 4.79 Å². The summed E-state index contributed by atoms with van der Waals surface area (Å²) in [5, 5.41) is 0.825. The highest BCUT2D eigenvalue weighted by Gasteiger charge is 2.10. The van der Waals surface area contributed by atoms with Gasteiger partial charge in [0.2, 0.25) is 0 Å². The molecule has 0 bridgehead atoms. The Morgan fingerprint density at radius 1 is 1.50 bits per heavy atom. The molecule has 2 radical (unpaired) electrons. The van der Waals surface area contributed by atoms with E-state index in [1.165, 1.54) is 7.11 Å². The number of ether oxygens (including phenoxy) is 1. The molecule has 0 aliphatic heterocycles. The van der Waals surface area contributed by atoms with Crippen molar-refractivity contribution in [3.05, 3.63) is 30.0 Å². The summed E-state index contributed by atoms with van der Waals surface area (Å²) >= 11 is 0. The first-order valence-corrected chi connectivity index (χ1v) is 4.17. The average molecular weight is 185 g/mol. The van der Waals surface area contributed by atoms with Crippen LogP contribution in [0.15, 0.2) is 24.4 Å². The van der Waals surface area contributed by atoms with Gasteiger partial charge in [0, 0.05) is 17.1 Å². The Morgan fingerprint density at radius 2 is 2.29 bits per heavy atom. The van der Waals surface area contributed by atoms with Crippen LogP contribution in [0.1, 0.15) is 10.4 Å². The van der Waals surface area contributed by atoms with E-state index < -0.39 is 0 Å². The van der Waals surface area contributed by atoms with E-state index in [1.807, 2.05) is 6.07 Å². The molecule has 68 valence electrons. The molecule has 3 nitrogen and oxygen atoms in total. The lowest BCUT2D eigenvalue weighted by Crippen LogP contribution is -2.09. The predicted molar refractivity (Wildman–Crippen MR) is 55.0 cm³/mol. The van der Waals surface area contributed by atoms with Gasteiger partial charge in [-0.15, -0.1) is 0 Å². The van der Waals surface area contributed by atoms with Crippen molar-refractivity contribution in [2.24, 2.45) is 0 Å². The quantitative estimate of drug-likeness (QED) is 0.526. The van der Waals surface area contributed by atoms with E-state index >= 15 is 0 Å². The summed E-state index contributed by atoms with van der Waals surface area (Å²) < 4.78 is 4.66. The fourth-order valence-electron chi connectivity index (χ4n) is 1.47. The van der Waals surface area contributed by atoms with Gasteiger partial charge in [0.1, 0.15) is 7.85 Å². The van der Waals surface area contributed by atoms with Crippen molar-refractivity contribution in [2.75, 3.05) is 7.11 Å². The third-order valence-electron chi connectivity index (χ3n) is 2.10. The molecular weight excluding hydrogens is 177 g/mol. The second kappa shape index (κ2) is 3.22. The van der Waals surface area contributed by atoms with Crippen molar-refractivity contribution in [3.63, 3.8) is 0 Å². The Labute approximate surface area is 82.5 Å². The average Bonchev–Trinajstić information content (AvgIpc) is 2.62. The van der Waals surface area contributed by atoms with Gasteiger partial charge in [0.15, 0.2) is 0 Å². The van der Waals surface area contributed by atoms with Crippen molar-refractivity contribution >= 4 is 30.2 Å². The normalized spacial score (nSPS) is 10.4. The van der Waals surface area contributed by atoms with Crippen LogP contribution in [0.4, 0.5) is 0 Å². The zero-order valence-electron chi connectivity index (χ0n) is 7.70. The highest BCUT2D eigenvalue weighted by atomic mass is 16.5. The molecule has 0 amide bonds. The Balaban J connectivity index is 2.72. The molecule has 1 heterocycles. The van der Waals surface area contributed by atoms with E-state index in [0.717, 1.165) is 10.9 Å². The number of hydrogen-bond acceptors (Lipinski definition) is 2. The SMILES string of the molecule is [B]c1cc(C(=O)OC)c2cc[nH]c2c1. The molecule has 1 aromatic heterocycles. The smallest absolute Gasteiger partial charge is 0.338 e. The first kappa shape index (κ1) is 8.87. The number of fused-ring (bicyclic) bond motifs is 1. The second-order valence-electron chi connectivity index (χ2n) is 3.00. The highest BCUT2D eigenvalue weighted by molar-refractivity contribution is 6.34. The van der Waals surface area contributed by atoms with Crippen molar-refractivity contribution in [2.45, 2.75) is 0 Å². The third-order valence-corrected chi connectivity index (χ3v) is 2.10. The number of aromatic nitrogens is 1. The van der Waals surface area contributed by atoms with E-state index in [1.54, 1.807) is 18.3 Å². The van der Waals surface area contributed by atoms with Crippen LogP contribution in [-0.2, 0) is 4.74 Å². The maximum absolute atomic E-state index is 11.4. The number of aromatic amines is 1. The number of hydrogen-bond donors (Lipinski definition) is 1. The maximum Gasteiger partial charge on any atom is 0.338 e. The summed E-state index contributed by atoms with van der Waals surface area (Å²) in [5.74, 6) is -0.373. The third kappa shape index (κ3) is 1.29. The van der Waals surface area contributed by atoms with Crippen LogP contribution >= 0.6 is 0 Å². The molecule has 0 saturated carbocycles. The molecule has 4 heteroatoms. The summed E-state index contributed by atoms with van der Waals surface area (Å²) in [7, 11) is 7.00. The minimum atomic E-state index is -0.373. The highest BCUT2D eigenvalue weighted by Crippen LogP contribution is 2.16. The summed E-state index contributed by atoms with van der Waals surface area (Å²) in [4.78, 5) is 14.4. The summed E-state index contributed by atoms with van der Waals surface area (Å²) in [6, 6.07) is 5.21. The number of esters is 1.